The molecule has 3 rings (SSSR count). The van der Waals surface area contributed by atoms with E-state index in [9.17, 15) is 23.2 Å². The molecule has 0 atom stereocenters. The summed E-state index contributed by atoms with van der Waals surface area (Å²) < 4.78 is 51.1. The molecule has 1 aromatic carbocycles. The molecule has 30 heavy (non-hydrogen) atoms. The molecule has 0 saturated carbocycles. The number of nitrogens with one attached hydrogen (secondary N) is 1. The number of aryl methyl sites for hydroxylation is 1. The quantitative estimate of drug-likeness (QED) is 0.682. The molecule has 1 aromatic heterocycles. The molecule has 1 heterocycles. The van der Waals surface area contributed by atoms with E-state index in [0.717, 1.165) is 11.8 Å². The highest BCUT2D eigenvalue weighted by Gasteiger charge is 2.40. The maximum Gasteiger partial charge on any atom is 0.418 e. The Morgan fingerprint density at radius 3 is 2.70 bits per heavy atom. The largest absolute Gasteiger partial charge is 0.497 e. The number of carbonyl (C=O) groups excluding carboxylic acids is 1. The van der Waals surface area contributed by atoms with E-state index in [0.29, 0.717) is 35.7 Å². The molecule has 2 aromatic rings. The fourth-order valence-corrected chi connectivity index (χ4v) is 4.11. The molecule has 1 amide bonds. The zero-order valence-corrected chi connectivity index (χ0v) is 17.0. The molecular formula is C20H18F3N3O3S. The molecule has 0 saturated heterocycles. The zero-order chi connectivity index (χ0) is 21.9. The number of nitriles is 1. The molecule has 0 fully saturated rings. The fourth-order valence-electron chi connectivity index (χ4n) is 3.30. The van der Waals surface area contributed by atoms with Crippen molar-refractivity contribution in [3.8, 4) is 17.6 Å². The van der Waals surface area contributed by atoms with Gasteiger partial charge in [0.2, 0.25) is 5.91 Å². The summed E-state index contributed by atoms with van der Waals surface area (Å²) in [7, 11) is 2.93. The number of methoxy groups -OCH3 is 2. The van der Waals surface area contributed by atoms with Crippen LogP contribution in [0.2, 0.25) is 0 Å². The van der Waals surface area contributed by atoms with Crippen LogP contribution in [-0.4, -0.2) is 30.9 Å². The topological polar surface area (TPSA) is 84.2 Å². The van der Waals surface area contributed by atoms with Crippen LogP contribution in [0.3, 0.4) is 0 Å². The number of anilines is 1. The molecular weight excluding hydrogens is 419 g/mol. The lowest BCUT2D eigenvalue weighted by atomic mass is 10.0. The smallest absolute Gasteiger partial charge is 0.418 e. The Kier molecular flexibility index (Phi) is 6.41. The van der Waals surface area contributed by atoms with Crippen molar-refractivity contribution in [2.75, 3.05) is 25.3 Å². The SMILES string of the molecule is COc1ccc(NC(=O)CSc2nc3c(c(C(F)(F)F)c2C#N)CCC3)c(OC)c1. The summed E-state index contributed by atoms with van der Waals surface area (Å²) in [5.41, 5.74) is -0.616. The van der Waals surface area contributed by atoms with Gasteiger partial charge in [0.05, 0.1) is 36.8 Å². The van der Waals surface area contributed by atoms with Gasteiger partial charge in [-0.15, -0.1) is 0 Å². The standard InChI is InChI=1S/C20H18F3N3O3S/c1-28-11-6-7-15(16(8-11)29-2)25-17(27)10-30-19-13(9-24)18(20(21,22)23)12-4-3-5-14(12)26-19/h6-8H,3-5,10H2,1-2H3,(H,25,27). The maximum absolute atomic E-state index is 13.6. The van der Waals surface area contributed by atoms with Gasteiger partial charge in [-0.05, 0) is 37.0 Å². The minimum absolute atomic E-state index is 0.0812. The normalized spacial score (nSPS) is 12.8. The van der Waals surface area contributed by atoms with E-state index >= 15 is 0 Å². The molecule has 10 heteroatoms. The Morgan fingerprint density at radius 2 is 2.07 bits per heavy atom. The molecule has 0 aliphatic heterocycles. The van der Waals surface area contributed by atoms with E-state index < -0.39 is 23.2 Å². The summed E-state index contributed by atoms with van der Waals surface area (Å²) in [4.78, 5) is 16.6. The Bertz CT molecular complexity index is 1020. The highest BCUT2D eigenvalue weighted by molar-refractivity contribution is 8.00. The van der Waals surface area contributed by atoms with Crippen LogP contribution in [0.25, 0.3) is 0 Å². The molecule has 0 spiro atoms. The first-order valence-electron chi connectivity index (χ1n) is 8.96. The van der Waals surface area contributed by atoms with E-state index in [1.807, 2.05) is 0 Å². The summed E-state index contributed by atoms with van der Waals surface area (Å²) in [6, 6.07) is 6.46. The number of thioether (sulfide) groups is 1. The minimum Gasteiger partial charge on any atom is -0.497 e. The number of rotatable bonds is 6. The lowest BCUT2D eigenvalue weighted by Crippen LogP contribution is -2.17. The lowest BCUT2D eigenvalue weighted by molar-refractivity contribution is -0.138. The average molecular weight is 437 g/mol. The van der Waals surface area contributed by atoms with Gasteiger partial charge >= 0.3 is 6.18 Å². The van der Waals surface area contributed by atoms with Crippen molar-refractivity contribution in [2.24, 2.45) is 0 Å². The van der Waals surface area contributed by atoms with Gasteiger partial charge in [0, 0.05) is 11.8 Å². The Hall–Kier alpha value is -2.93. The van der Waals surface area contributed by atoms with Gasteiger partial charge in [0.1, 0.15) is 22.6 Å². The Balaban J connectivity index is 1.81. The van der Waals surface area contributed by atoms with Crippen LogP contribution in [0.15, 0.2) is 23.2 Å². The molecule has 1 N–H and O–H groups in total. The number of alkyl halides is 3. The van der Waals surface area contributed by atoms with Crippen LogP contribution in [0.5, 0.6) is 11.5 Å². The van der Waals surface area contributed by atoms with Gasteiger partial charge in [0.25, 0.3) is 0 Å². The highest BCUT2D eigenvalue weighted by Crippen LogP contribution is 2.41. The first-order valence-corrected chi connectivity index (χ1v) is 9.94. The summed E-state index contributed by atoms with van der Waals surface area (Å²) in [5.74, 6) is 0.232. The van der Waals surface area contributed by atoms with Crippen molar-refractivity contribution >= 4 is 23.4 Å². The third-order valence-corrected chi connectivity index (χ3v) is 5.58. The van der Waals surface area contributed by atoms with Gasteiger partial charge in [-0.2, -0.15) is 18.4 Å². The van der Waals surface area contributed by atoms with Crippen LogP contribution in [0.1, 0.15) is 28.8 Å². The van der Waals surface area contributed by atoms with Crippen molar-refractivity contribution in [1.82, 2.24) is 4.98 Å². The predicted octanol–water partition coefficient (Wildman–Crippen LogP) is 4.21. The number of hydrogen-bond donors (Lipinski definition) is 1. The molecule has 0 unspecified atom stereocenters. The predicted molar refractivity (Wildman–Crippen MR) is 105 cm³/mol. The summed E-state index contributed by atoms with van der Waals surface area (Å²) >= 11 is 0.805. The van der Waals surface area contributed by atoms with Gasteiger partial charge in [-0.3, -0.25) is 4.79 Å². The monoisotopic (exact) mass is 437 g/mol. The minimum atomic E-state index is -4.66. The molecule has 0 bridgehead atoms. The number of hydrogen-bond acceptors (Lipinski definition) is 6. The molecule has 158 valence electrons. The fraction of sp³-hybridized carbons (Fsp3) is 0.350. The van der Waals surface area contributed by atoms with Crippen LogP contribution >= 0.6 is 11.8 Å². The number of carbonyl (C=O) groups is 1. The number of amides is 1. The van der Waals surface area contributed by atoms with Crippen LogP contribution in [0.4, 0.5) is 18.9 Å². The van der Waals surface area contributed by atoms with Crippen LogP contribution in [-0.2, 0) is 23.8 Å². The lowest BCUT2D eigenvalue weighted by Gasteiger charge is -2.16. The van der Waals surface area contributed by atoms with Gasteiger partial charge < -0.3 is 14.8 Å². The zero-order valence-electron chi connectivity index (χ0n) is 16.2. The first kappa shape index (κ1) is 21.8. The molecule has 1 aliphatic rings. The van der Waals surface area contributed by atoms with Crippen LogP contribution < -0.4 is 14.8 Å². The Labute approximate surface area is 175 Å². The highest BCUT2D eigenvalue weighted by atomic mass is 32.2. The van der Waals surface area contributed by atoms with Gasteiger partial charge in [0.15, 0.2) is 0 Å². The molecule has 0 radical (unpaired) electrons. The number of ether oxygens (including phenoxy) is 2. The van der Waals surface area contributed by atoms with E-state index in [1.54, 1.807) is 24.3 Å². The van der Waals surface area contributed by atoms with Crippen LogP contribution in [0, 0.1) is 11.3 Å². The number of pyridine rings is 1. The van der Waals surface area contributed by atoms with Gasteiger partial charge in [-0.1, -0.05) is 11.8 Å². The van der Waals surface area contributed by atoms with E-state index in [-0.39, 0.29) is 22.8 Å². The summed E-state index contributed by atoms with van der Waals surface area (Å²) in [6.45, 7) is 0. The van der Waals surface area contributed by atoms with E-state index in [4.69, 9.17) is 9.47 Å². The second kappa shape index (κ2) is 8.83. The van der Waals surface area contributed by atoms with Crippen molar-refractivity contribution in [3.63, 3.8) is 0 Å². The third kappa shape index (κ3) is 4.46. The Morgan fingerprint density at radius 1 is 1.30 bits per heavy atom. The maximum atomic E-state index is 13.6. The van der Waals surface area contributed by atoms with Crippen molar-refractivity contribution in [1.29, 1.82) is 5.26 Å². The number of nitrogens with zero attached hydrogens (tertiary/aromatic N) is 2. The summed E-state index contributed by atoms with van der Waals surface area (Å²) in [5, 5.41) is 11.9. The van der Waals surface area contributed by atoms with Crippen molar-refractivity contribution < 1.29 is 27.4 Å². The van der Waals surface area contributed by atoms with E-state index in [1.165, 1.54) is 14.2 Å². The first-order chi connectivity index (χ1) is 14.3. The number of halogens is 3. The second-order valence-corrected chi connectivity index (χ2v) is 7.42. The second-order valence-electron chi connectivity index (χ2n) is 6.46. The van der Waals surface area contributed by atoms with Crippen molar-refractivity contribution in [2.45, 2.75) is 30.5 Å². The van der Waals surface area contributed by atoms with Gasteiger partial charge in [-0.25, -0.2) is 4.98 Å². The number of aromatic nitrogens is 1. The average Bonchev–Trinajstić information content (AvgIpc) is 3.18. The number of fused-ring (bicyclic) bond motifs is 1. The van der Waals surface area contributed by atoms with Crippen molar-refractivity contribution in [3.05, 3.63) is 40.6 Å². The molecule has 6 nitrogen and oxygen atoms in total. The molecule has 1 aliphatic carbocycles. The summed E-state index contributed by atoms with van der Waals surface area (Å²) in [6.07, 6.45) is -3.43. The van der Waals surface area contributed by atoms with E-state index in [2.05, 4.69) is 10.3 Å². The third-order valence-electron chi connectivity index (χ3n) is 4.61. The number of benzene rings is 1.